The molecule has 2 fully saturated rings. The van der Waals surface area contributed by atoms with Crippen molar-refractivity contribution < 1.29 is 4.74 Å². The molecule has 3 heterocycles. The number of nitrogens with one attached hydrogen (secondary N) is 2. The Morgan fingerprint density at radius 2 is 2.00 bits per heavy atom. The van der Waals surface area contributed by atoms with Crippen LogP contribution >= 0.6 is 11.6 Å². The van der Waals surface area contributed by atoms with Crippen LogP contribution in [0.4, 0.5) is 0 Å². The van der Waals surface area contributed by atoms with Crippen LogP contribution in [0.2, 0.25) is 5.02 Å². The number of hydrogen-bond acceptors (Lipinski definition) is 3. The fraction of sp³-hybridized carbons (Fsp3) is 0.261. The highest BCUT2D eigenvalue weighted by Gasteiger charge is 2.46. The van der Waals surface area contributed by atoms with E-state index < -0.39 is 0 Å². The second-order valence-corrected chi connectivity index (χ2v) is 8.74. The lowest BCUT2D eigenvalue weighted by molar-refractivity contribution is 0.302. The zero-order chi connectivity index (χ0) is 18.4. The van der Waals surface area contributed by atoms with E-state index in [1.165, 1.54) is 34.7 Å². The van der Waals surface area contributed by atoms with Crippen molar-refractivity contribution in [3.63, 3.8) is 0 Å². The maximum absolute atomic E-state index is 6.14. The van der Waals surface area contributed by atoms with E-state index in [9.17, 15) is 0 Å². The van der Waals surface area contributed by atoms with E-state index in [-0.39, 0.29) is 0 Å². The van der Waals surface area contributed by atoms with Gasteiger partial charge in [0, 0.05) is 22.0 Å². The van der Waals surface area contributed by atoms with Gasteiger partial charge in [0.2, 0.25) is 0 Å². The average molecular weight is 388 g/mol. The van der Waals surface area contributed by atoms with Gasteiger partial charge >= 0.3 is 0 Å². The molecule has 5 heteroatoms. The summed E-state index contributed by atoms with van der Waals surface area (Å²) < 4.78 is 5.97. The van der Waals surface area contributed by atoms with E-state index >= 15 is 0 Å². The number of rotatable bonds is 1. The van der Waals surface area contributed by atoms with Crippen LogP contribution < -0.4 is 10.1 Å². The molecule has 0 bridgehead atoms. The molecule has 3 unspecified atom stereocenters. The van der Waals surface area contributed by atoms with Gasteiger partial charge < -0.3 is 15.0 Å². The Bertz CT molecular complexity index is 1280. The number of nitrogens with zero attached hydrogens (tertiary/aromatic N) is 1. The van der Waals surface area contributed by atoms with Crippen molar-refractivity contribution in [3.8, 4) is 16.9 Å². The first-order chi connectivity index (χ1) is 13.7. The summed E-state index contributed by atoms with van der Waals surface area (Å²) in [5, 5.41) is 6.78. The molecule has 28 heavy (non-hydrogen) atoms. The first-order valence-electron chi connectivity index (χ1n) is 9.87. The van der Waals surface area contributed by atoms with E-state index in [1.807, 2.05) is 18.2 Å². The van der Waals surface area contributed by atoms with Crippen LogP contribution in [-0.4, -0.2) is 16.0 Å². The molecule has 7 rings (SSSR count). The quantitative estimate of drug-likeness (QED) is 0.462. The van der Waals surface area contributed by atoms with Crippen molar-refractivity contribution in [1.82, 2.24) is 15.3 Å². The molecule has 138 valence electrons. The van der Waals surface area contributed by atoms with Gasteiger partial charge in [-0.15, -0.1) is 0 Å². The van der Waals surface area contributed by atoms with Crippen LogP contribution in [0.1, 0.15) is 30.3 Å². The smallest absolute Gasteiger partial charge is 0.129 e. The third kappa shape index (κ3) is 2.13. The fourth-order valence-electron chi connectivity index (χ4n) is 4.97. The molecule has 3 aromatic carbocycles. The summed E-state index contributed by atoms with van der Waals surface area (Å²) in [6.07, 6.45) is 2.53. The molecule has 1 saturated heterocycles. The first-order valence-corrected chi connectivity index (χ1v) is 10.2. The summed E-state index contributed by atoms with van der Waals surface area (Å²) in [6.45, 7) is 0.555. The molecule has 1 saturated carbocycles. The van der Waals surface area contributed by atoms with Gasteiger partial charge in [-0.05, 0) is 71.7 Å². The summed E-state index contributed by atoms with van der Waals surface area (Å²) >= 11 is 6.14. The number of aromatic nitrogens is 2. The summed E-state index contributed by atoms with van der Waals surface area (Å²) in [6, 6.07) is 15.8. The Hall–Kier alpha value is -2.56. The monoisotopic (exact) mass is 387 g/mol. The lowest BCUT2D eigenvalue weighted by atomic mass is 9.93. The standard InChI is InChI=1S/C23H18ClN3O/c24-14-2-3-15-16-5-11-1-4-18-22(17(11)6-13(16)10-28-21(15)9-14)27-23(26-18)20-8-12-7-19(12)25-20/h1-6,9,12,19-20,25H,7-8,10H2,(H,26,27). The molecule has 1 aromatic heterocycles. The molecule has 4 aromatic rings. The molecular weight excluding hydrogens is 370 g/mol. The first kappa shape index (κ1) is 15.4. The summed E-state index contributed by atoms with van der Waals surface area (Å²) in [7, 11) is 0. The summed E-state index contributed by atoms with van der Waals surface area (Å²) in [5.41, 5.74) is 5.68. The van der Waals surface area contributed by atoms with Gasteiger partial charge in [-0.25, -0.2) is 4.98 Å². The Kier molecular flexibility index (Phi) is 2.90. The maximum Gasteiger partial charge on any atom is 0.129 e. The molecule has 2 N–H and O–H groups in total. The molecule has 0 amide bonds. The minimum Gasteiger partial charge on any atom is -0.488 e. The van der Waals surface area contributed by atoms with E-state index in [4.69, 9.17) is 21.3 Å². The van der Waals surface area contributed by atoms with Gasteiger partial charge in [-0.3, -0.25) is 0 Å². The van der Waals surface area contributed by atoms with Crippen molar-refractivity contribution in [1.29, 1.82) is 0 Å². The van der Waals surface area contributed by atoms with Gasteiger partial charge in [0.15, 0.2) is 0 Å². The second kappa shape index (κ2) is 5.28. The van der Waals surface area contributed by atoms with Crippen LogP contribution in [0.15, 0.2) is 42.5 Å². The van der Waals surface area contributed by atoms with Crippen LogP contribution in [-0.2, 0) is 6.61 Å². The van der Waals surface area contributed by atoms with Crippen LogP contribution in [0.5, 0.6) is 5.75 Å². The number of fused-ring (bicyclic) bond motifs is 7. The number of aromatic amines is 1. The molecule has 3 aliphatic rings. The lowest BCUT2D eigenvalue weighted by Gasteiger charge is -2.21. The highest BCUT2D eigenvalue weighted by Crippen LogP contribution is 2.46. The zero-order valence-electron chi connectivity index (χ0n) is 15.1. The number of hydrogen-bond donors (Lipinski definition) is 2. The number of piperidine rings is 1. The summed E-state index contributed by atoms with van der Waals surface area (Å²) in [5.74, 6) is 2.78. The predicted octanol–water partition coefficient (Wildman–Crippen LogP) is 5.35. The second-order valence-electron chi connectivity index (χ2n) is 8.30. The normalized spacial score (nSPS) is 24.7. The fourth-order valence-corrected chi connectivity index (χ4v) is 5.13. The van der Waals surface area contributed by atoms with Gasteiger partial charge in [0.25, 0.3) is 0 Å². The third-order valence-corrected chi connectivity index (χ3v) is 6.77. The van der Waals surface area contributed by atoms with Crippen LogP contribution in [0.25, 0.3) is 32.9 Å². The molecule has 4 nitrogen and oxygen atoms in total. The largest absolute Gasteiger partial charge is 0.488 e. The van der Waals surface area contributed by atoms with E-state index in [1.54, 1.807) is 0 Å². The number of halogens is 1. The predicted molar refractivity (Wildman–Crippen MR) is 111 cm³/mol. The van der Waals surface area contributed by atoms with Crippen molar-refractivity contribution in [2.75, 3.05) is 0 Å². The Morgan fingerprint density at radius 1 is 1.04 bits per heavy atom. The molecule has 1 aliphatic carbocycles. The zero-order valence-corrected chi connectivity index (χ0v) is 15.9. The number of ether oxygens (including phenoxy) is 1. The van der Waals surface area contributed by atoms with Crippen molar-refractivity contribution in [2.24, 2.45) is 5.92 Å². The van der Waals surface area contributed by atoms with Gasteiger partial charge in [0.1, 0.15) is 18.2 Å². The Balaban J connectivity index is 1.40. The molecule has 3 atom stereocenters. The topological polar surface area (TPSA) is 49.9 Å². The lowest BCUT2D eigenvalue weighted by Crippen LogP contribution is -2.18. The number of H-pyrrole nitrogens is 1. The van der Waals surface area contributed by atoms with Gasteiger partial charge in [0.05, 0.1) is 17.1 Å². The number of benzene rings is 3. The SMILES string of the molecule is Clc1ccc2c(c1)OCc1cc3c(ccc4[nH]c(C5CC6CC6N5)nc43)cc1-2. The van der Waals surface area contributed by atoms with E-state index in [0.29, 0.717) is 23.7 Å². The minimum absolute atomic E-state index is 0.365. The molecule has 0 radical (unpaired) electrons. The highest BCUT2D eigenvalue weighted by molar-refractivity contribution is 6.30. The highest BCUT2D eigenvalue weighted by atomic mass is 35.5. The Labute approximate surface area is 166 Å². The molecule has 0 spiro atoms. The van der Waals surface area contributed by atoms with E-state index in [2.05, 4.69) is 34.6 Å². The average Bonchev–Trinajstić information content (AvgIpc) is 3.13. The van der Waals surface area contributed by atoms with Crippen LogP contribution in [0, 0.1) is 5.92 Å². The minimum atomic E-state index is 0.365. The third-order valence-electron chi connectivity index (χ3n) is 6.53. The molecule has 2 aliphatic heterocycles. The maximum atomic E-state index is 6.14. The summed E-state index contributed by atoms with van der Waals surface area (Å²) in [4.78, 5) is 8.56. The Morgan fingerprint density at radius 3 is 2.89 bits per heavy atom. The van der Waals surface area contributed by atoms with Crippen molar-refractivity contribution in [3.05, 3.63) is 58.9 Å². The van der Waals surface area contributed by atoms with Crippen molar-refractivity contribution in [2.45, 2.75) is 31.5 Å². The van der Waals surface area contributed by atoms with E-state index in [0.717, 1.165) is 34.1 Å². The molecular formula is C23H18ClN3O. The van der Waals surface area contributed by atoms with Gasteiger partial charge in [-0.1, -0.05) is 17.7 Å². The van der Waals surface area contributed by atoms with Gasteiger partial charge in [-0.2, -0.15) is 0 Å². The van der Waals surface area contributed by atoms with Crippen LogP contribution in [0.3, 0.4) is 0 Å². The van der Waals surface area contributed by atoms with Crippen molar-refractivity contribution >= 4 is 33.4 Å². The number of imidazole rings is 1.